The largest absolute Gasteiger partial charge is 0.492 e. The normalized spacial score (nSPS) is 9.73. The summed E-state index contributed by atoms with van der Waals surface area (Å²) in [5, 5.41) is 1.11. The van der Waals surface area contributed by atoms with Crippen LogP contribution in [0.25, 0.3) is 0 Å². The van der Waals surface area contributed by atoms with E-state index in [1.165, 1.54) is 14.2 Å². The monoisotopic (exact) mass is 498 g/mol. The number of halogens is 4. The van der Waals surface area contributed by atoms with Gasteiger partial charge in [-0.25, -0.2) is 5.84 Å². The first-order chi connectivity index (χ1) is 13.0. The van der Waals surface area contributed by atoms with Crippen LogP contribution in [0, 0.1) is 0 Å². The number of ether oxygens (including phenoxy) is 2. The highest BCUT2D eigenvalue weighted by Crippen LogP contribution is 2.38. The fourth-order valence-electron chi connectivity index (χ4n) is 2.10. The van der Waals surface area contributed by atoms with Gasteiger partial charge in [-0.3, -0.25) is 14.6 Å². The van der Waals surface area contributed by atoms with Gasteiger partial charge in [-0.2, -0.15) is 0 Å². The van der Waals surface area contributed by atoms with Gasteiger partial charge in [-0.15, -0.1) is 24.8 Å². The van der Waals surface area contributed by atoms with Crippen LogP contribution in [-0.2, 0) is 0 Å². The zero-order valence-corrected chi connectivity index (χ0v) is 20.4. The molecule has 30 heavy (non-hydrogen) atoms. The molecule has 0 saturated carbocycles. The van der Waals surface area contributed by atoms with Crippen molar-refractivity contribution in [1.82, 2.24) is 5.01 Å². The predicted octanol–water partition coefficient (Wildman–Crippen LogP) is 5.38. The van der Waals surface area contributed by atoms with Crippen molar-refractivity contribution >= 4 is 59.2 Å². The predicted molar refractivity (Wildman–Crippen MR) is 126 cm³/mol. The molecule has 0 atom stereocenters. The van der Waals surface area contributed by atoms with Crippen molar-refractivity contribution in [3.63, 3.8) is 0 Å². The van der Waals surface area contributed by atoms with E-state index in [-0.39, 0.29) is 36.5 Å². The van der Waals surface area contributed by atoms with Crippen LogP contribution >= 0.6 is 48.0 Å². The summed E-state index contributed by atoms with van der Waals surface area (Å²) in [5.41, 5.74) is 0.343. The van der Waals surface area contributed by atoms with E-state index in [4.69, 9.17) is 38.5 Å². The molecule has 1 amide bonds. The van der Waals surface area contributed by atoms with E-state index in [1.54, 1.807) is 36.4 Å². The molecule has 0 aliphatic rings. The first-order valence-electron chi connectivity index (χ1n) is 8.29. The number of hydrogen-bond donors (Lipinski definition) is 1. The van der Waals surface area contributed by atoms with Crippen LogP contribution in [0.5, 0.6) is 11.5 Å². The minimum atomic E-state index is -0.505. The van der Waals surface area contributed by atoms with E-state index >= 15 is 0 Å². The van der Waals surface area contributed by atoms with E-state index in [1.807, 2.05) is 26.8 Å². The second-order valence-electron chi connectivity index (χ2n) is 6.65. The van der Waals surface area contributed by atoms with Crippen molar-refractivity contribution in [3.8, 4) is 11.5 Å². The Morgan fingerprint density at radius 2 is 1.43 bits per heavy atom. The number of carbonyl (C=O) groups excluding carboxylic acids is 2. The molecule has 2 aromatic carbocycles. The van der Waals surface area contributed by atoms with Gasteiger partial charge in [0.15, 0.2) is 11.5 Å². The van der Waals surface area contributed by atoms with Crippen molar-refractivity contribution in [2.45, 2.75) is 26.3 Å². The number of hydrazine groups is 1. The maximum Gasteiger partial charge on any atom is 0.272 e. The van der Waals surface area contributed by atoms with Crippen molar-refractivity contribution in [2.75, 3.05) is 14.2 Å². The van der Waals surface area contributed by atoms with Crippen LogP contribution in [0.4, 0.5) is 0 Å². The minimum Gasteiger partial charge on any atom is -0.492 e. The van der Waals surface area contributed by atoms with Gasteiger partial charge in [-0.05, 0) is 44.5 Å². The van der Waals surface area contributed by atoms with Crippen LogP contribution in [-0.4, -0.2) is 35.9 Å². The maximum absolute atomic E-state index is 12.4. The average Bonchev–Trinajstić information content (AvgIpc) is 2.66. The second kappa shape index (κ2) is 13.6. The number of nitrogens with two attached hydrogens (primary N) is 1. The number of rotatable bonds is 4. The molecular formula is C20H26Cl4N2O4. The van der Waals surface area contributed by atoms with Gasteiger partial charge < -0.3 is 9.47 Å². The molecule has 0 unspecified atom stereocenters. The highest BCUT2D eigenvalue weighted by atomic mass is 35.5. The Hall–Kier alpha value is -1.70. The summed E-state index contributed by atoms with van der Waals surface area (Å²) in [7, 11) is 2.91. The van der Waals surface area contributed by atoms with E-state index in [0.717, 1.165) is 5.01 Å². The molecule has 2 aromatic rings. The molecule has 0 aliphatic carbocycles. The summed E-state index contributed by atoms with van der Waals surface area (Å²) in [6, 6.07) is 11.9. The number of carbonyl (C=O) groups is 2. The number of amides is 1. The van der Waals surface area contributed by atoms with Crippen molar-refractivity contribution in [1.29, 1.82) is 0 Å². The van der Waals surface area contributed by atoms with Crippen molar-refractivity contribution in [2.24, 2.45) is 5.84 Å². The third kappa shape index (κ3) is 8.20. The van der Waals surface area contributed by atoms with E-state index < -0.39 is 10.8 Å². The standard InChI is InChI=1S/C13H19ClN2O3.C7H5ClO.2ClH/c1-13(2,3)16(15)12(17)8-6-7-9(14)11(19-5)10(8)18-4;8-7(9)6-4-2-1-3-5-6;;/h6-7H,15H2,1-5H3;1-5H;2*1H. The molecule has 168 valence electrons. The molecule has 0 saturated heterocycles. The van der Waals surface area contributed by atoms with Crippen LogP contribution in [0.2, 0.25) is 5.02 Å². The minimum absolute atomic E-state index is 0. The van der Waals surface area contributed by atoms with Gasteiger partial charge >= 0.3 is 0 Å². The van der Waals surface area contributed by atoms with Crippen molar-refractivity contribution in [3.05, 3.63) is 58.6 Å². The molecule has 0 radical (unpaired) electrons. The third-order valence-electron chi connectivity index (χ3n) is 3.65. The summed E-state index contributed by atoms with van der Waals surface area (Å²) in [5.74, 6) is 6.07. The lowest BCUT2D eigenvalue weighted by Gasteiger charge is -2.31. The second-order valence-corrected chi connectivity index (χ2v) is 7.40. The number of methoxy groups -OCH3 is 2. The molecule has 0 spiro atoms. The Morgan fingerprint density at radius 3 is 1.80 bits per heavy atom. The van der Waals surface area contributed by atoms with Gasteiger partial charge in [-0.1, -0.05) is 41.9 Å². The van der Waals surface area contributed by atoms with Crippen LogP contribution in [0.3, 0.4) is 0 Å². The Morgan fingerprint density at radius 1 is 0.933 bits per heavy atom. The summed E-state index contributed by atoms with van der Waals surface area (Å²) < 4.78 is 10.4. The van der Waals surface area contributed by atoms with Crippen LogP contribution < -0.4 is 15.3 Å². The Bertz CT molecular complexity index is 828. The SMILES string of the molecule is COc1c(Cl)ccc(C(=O)N(N)C(C)(C)C)c1OC.Cl.Cl.O=C(Cl)c1ccccc1. The summed E-state index contributed by atoms with van der Waals surface area (Å²) in [6.07, 6.45) is 0. The molecule has 0 bridgehead atoms. The molecule has 0 heterocycles. The zero-order chi connectivity index (χ0) is 21.5. The topological polar surface area (TPSA) is 81.9 Å². The highest BCUT2D eigenvalue weighted by Gasteiger charge is 2.28. The lowest BCUT2D eigenvalue weighted by molar-refractivity contribution is 0.0577. The van der Waals surface area contributed by atoms with Gasteiger partial charge in [0.1, 0.15) is 0 Å². The average molecular weight is 500 g/mol. The lowest BCUT2D eigenvalue weighted by atomic mass is 10.1. The van der Waals surface area contributed by atoms with Crippen molar-refractivity contribution < 1.29 is 19.1 Å². The summed E-state index contributed by atoms with van der Waals surface area (Å²) in [4.78, 5) is 22.8. The highest BCUT2D eigenvalue weighted by molar-refractivity contribution is 6.67. The fraction of sp³-hybridized carbons (Fsp3) is 0.300. The number of nitrogens with zero attached hydrogens (tertiary/aromatic N) is 1. The molecule has 10 heteroatoms. The molecule has 2 rings (SSSR count). The first kappa shape index (κ1) is 30.5. The van der Waals surface area contributed by atoms with Gasteiger partial charge in [0.05, 0.1) is 30.3 Å². The molecular weight excluding hydrogens is 474 g/mol. The Labute approximate surface area is 199 Å². The molecule has 0 fully saturated rings. The number of hydrogen-bond acceptors (Lipinski definition) is 5. The van der Waals surface area contributed by atoms with Gasteiger partial charge in [0.2, 0.25) is 0 Å². The lowest BCUT2D eigenvalue weighted by Crippen LogP contribution is -2.50. The van der Waals surface area contributed by atoms with Gasteiger partial charge in [0, 0.05) is 5.56 Å². The Kier molecular flexibility index (Phi) is 13.8. The van der Waals surface area contributed by atoms with Gasteiger partial charge in [0.25, 0.3) is 11.1 Å². The molecule has 2 N–H and O–H groups in total. The quantitative estimate of drug-likeness (QED) is 0.264. The first-order valence-corrected chi connectivity index (χ1v) is 9.04. The fourth-order valence-corrected chi connectivity index (χ4v) is 2.46. The van der Waals surface area contributed by atoms with Crippen LogP contribution in [0.1, 0.15) is 41.5 Å². The summed E-state index contributed by atoms with van der Waals surface area (Å²) >= 11 is 11.2. The third-order valence-corrected chi connectivity index (χ3v) is 4.16. The van der Waals surface area contributed by atoms with E-state index in [9.17, 15) is 9.59 Å². The van der Waals surface area contributed by atoms with Crippen LogP contribution in [0.15, 0.2) is 42.5 Å². The van der Waals surface area contributed by atoms with E-state index in [0.29, 0.717) is 21.9 Å². The summed E-state index contributed by atoms with van der Waals surface area (Å²) in [6.45, 7) is 5.51. The zero-order valence-electron chi connectivity index (χ0n) is 17.3. The number of benzene rings is 2. The molecule has 6 nitrogen and oxygen atoms in total. The Balaban J connectivity index is 0. The maximum atomic E-state index is 12.4. The molecule has 0 aliphatic heterocycles. The molecule has 0 aromatic heterocycles. The van der Waals surface area contributed by atoms with E-state index in [2.05, 4.69) is 0 Å². The smallest absolute Gasteiger partial charge is 0.272 e.